The van der Waals surface area contributed by atoms with Gasteiger partial charge in [-0.2, -0.15) is 0 Å². The molecule has 0 spiro atoms. The van der Waals surface area contributed by atoms with Gasteiger partial charge in [-0.05, 0) is 75.2 Å². The normalized spacial score (nSPS) is 15.4. The van der Waals surface area contributed by atoms with E-state index in [0.717, 1.165) is 49.5 Å². The summed E-state index contributed by atoms with van der Waals surface area (Å²) in [5.41, 5.74) is 1.87. The molecule has 0 aliphatic carbocycles. The Labute approximate surface area is 195 Å². The molecule has 6 nitrogen and oxygen atoms in total. The van der Waals surface area contributed by atoms with Crippen molar-refractivity contribution in [2.45, 2.75) is 45.4 Å². The van der Waals surface area contributed by atoms with Gasteiger partial charge in [-0.25, -0.2) is 0 Å². The number of carbonyl (C=O) groups excluding carboxylic acids is 1. The lowest BCUT2D eigenvalue weighted by atomic mass is 10.1. The minimum absolute atomic E-state index is 0.177. The van der Waals surface area contributed by atoms with E-state index in [2.05, 4.69) is 17.3 Å². The van der Waals surface area contributed by atoms with Crippen LogP contribution in [0.5, 0.6) is 11.5 Å². The van der Waals surface area contributed by atoms with Crippen molar-refractivity contribution in [2.75, 3.05) is 33.4 Å². The van der Waals surface area contributed by atoms with Gasteiger partial charge >= 0.3 is 0 Å². The molecule has 1 saturated heterocycles. The largest absolute Gasteiger partial charge is 0.492 e. The molecule has 1 atom stereocenters. The Bertz CT molecular complexity index is 886. The van der Waals surface area contributed by atoms with E-state index in [1.807, 2.05) is 37.3 Å². The van der Waals surface area contributed by atoms with Crippen LogP contribution in [-0.4, -0.2) is 56.4 Å². The van der Waals surface area contributed by atoms with Gasteiger partial charge in [0, 0.05) is 37.4 Å². The number of likely N-dealkylation sites (N-methyl/N-ethyl adjacent to an activating group) is 1. The molecule has 32 heavy (non-hydrogen) atoms. The number of ether oxygens (including phenoxy) is 3. The van der Waals surface area contributed by atoms with Crippen LogP contribution in [0.25, 0.3) is 0 Å². The summed E-state index contributed by atoms with van der Waals surface area (Å²) in [6, 6.07) is 13.7. The molecule has 1 aliphatic rings. The van der Waals surface area contributed by atoms with Crippen molar-refractivity contribution in [3.05, 3.63) is 58.6 Å². The molecule has 0 saturated carbocycles. The zero-order valence-corrected chi connectivity index (χ0v) is 19.9. The summed E-state index contributed by atoms with van der Waals surface area (Å²) in [4.78, 5) is 14.8. The number of benzene rings is 2. The Kier molecular flexibility index (Phi) is 9.21. The maximum atomic E-state index is 12.5. The first-order valence-corrected chi connectivity index (χ1v) is 11.5. The molecule has 1 amide bonds. The van der Waals surface area contributed by atoms with Crippen molar-refractivity contribution in [3.8, 4) is 11.5 Å². The molecular weight excluding hydrogens is 428 g/mol. The second-order valence-corrected chi connectivity index (χ2v) is 8.64. The first-order valence-electron chi connectivity index (χ1n) is 11.1. The van der Waals surface area contributed by atoms with Gasteiger partial charge in [-0.1, -0.05) is 23.7 Å². The molecule has 2 aromatic rings. The van der Waals surface area contributed by atoms with Crippen molar-refractivity contribution >= 4 is 17.5 Å². The molecule has 7 heteroatoms. The maximum Gasteiger partial charge on any atom is 0.261 e. The Morgan fingerprint density at radius 1 is 1.25 bits per heavy atom. The first kappa shape index (κ1) is 24.4. The molecule has 0 radical (unpaired) electrons. The summed E-state index contributed by atoms with van der Waals surface area (Å²) in [6.45, 7) is 7.21. The maximum absolute atomic E-state index is 12.5. The second kappa shape index (κ2) is 12.1. The highest BCUT2D eigenvalue weighted by Gasteiger charge is 2.18. The quantitative estimate of drug-likeness (QED) is 0.575. The highest BCUT2D eigenvalue weighted by atomic mass is 35.5. The number of hydrogen-bond acceptors (Lipinski definition) is 5. The number of carbonyl (C=O) groups is 1. The van der Waals surface area contributed by atoms with Crippen LogP contribution in [0, 0.1) is 6.92 Å². The lowest BCUT2D eigenvalue weighted by molar-refractivity contribution is -0.127. The second-order valence-electron chi connectivity index (χ2n) is 8.21. The summed E-state index contributed by atoms with van der Waals surface area (Å²) >= 11 is 5.98. The smallest absolute Gasteiger partial charge is 0.261 e. The third kappa shape index (κ3) is 7.40. The third-order valence-electron chi connectivity index (χ3n) is 5.70. The Hall–Kier alpha value is -2.28. The molecule has 1 fully saturated rings. The Morgan fingerprint density at radius 3 is 2.78 bits per heavy atom. The van der Waals surface area contributed by atoms with Gasteiger partial charge in [-0.15, -0.1) is 0 Å². The van der Waals surface area contributed by atoms with Crippen molar-refractivity contribution in [2.24, 2.45) is 0 Å². The molecule has 1 aliphatic heterocycles. The summed E-state index contributed by atoms with van der Waals surface area (Å²) in [5, 5.41) is 3.57. The molecule has 0 aromatic heterocycles. The third-order valence-corrected chi connectivity index (χ3v) is 5.94. The Morgan fingerprint density at radius 2 is 2.03 bits per heavy atom. The van der Waals surface area contributed by atoms with Crippen LogP contribution >= 0.6 is 11.6 Å². The lowest BCUT2D eigenvalue weighted by Gasteiger charge is -2.31. The van der Waals surface area contributed by atoms with Gasteiger partial charge in [0.05, 0.1) is 0 Å². The van der Waals surface area contributed by atoms with E-state index in [-0.39, 0.29) is 5.91 Å². The van der Waals surface area contributed by atoms with Crippen molar-refractivity contribution in [1.82, 2.24) is 10.2 Å². The lowest BCUT2D eigenvalue weighted by Crippen LogP contribution is -2.38. The Balaban J connectivity index is 1.43. The molecule has 3 rings (SSSR count). The molecule has 2 aromatic carbocycles. The fourth-order valence-corrected chi connectivity index (χ4v) is 3.91. The van der Waals surface area contributed by atoms with E-state index >= 15 is 0 Å². The standard InChI is InChI=1S/C25H33ClN2O4/c1-18-15-21(26)7-8-24(18)32-19(2)25(29)27-17-20-5-4-6-23(16-20)31-14-11-28(3)22-9-12-30-13-10-22/h4-8,15-16,19,22H,9-14,17H2,1-3H3,(H,27,29). The highest BCUT2D eigenvalue weighted by Crippen LogP contribution is 2.23. The topological polar surface area (TPSA) is 60.0 Å². The molecule has 1 unspecified atom stereocenters. The molecule has 174 valence electrons. The van der Waals surface area contributed by atoms with Gasteiger partial charge < -0.3 is 19.5 Å². The summed E-state index contributed by atoms with van der Waals surface area (Å²) in [5.74, 6) is 1.28. The fraction of sp³-hybridized carbons (Fsp3) is 0.480. The van der Waals surface area contributed by atoms with E-state index < -0.39 is 6.10 Å². The number of nitrogens with zero attached hydrogens (tertiary/aromatic N) is 1. The van der Waals surface area contributed by atoms with Gasteiger partial charge in [0.15, 0.2) is 6.10 Å². The average Bonchev–Trinajstić information content (AvgIpc) is 2.80. The van der Waals surface area contributed by atoms with Crippen LogP contribution in [-0.2, 0) is 16.1 Å². The first-order chi connectivity index (χ1) is 15.4. The number of amides is 1. The van der Waals surface area contributed by atoms with Gasteiger partial charge in [0.25, 0.3) is 5.91 Å². The van der Waals surface area contributed by atoms with Crippen LogP contribution in [0.3, 0.4) is 0 Å². The van der Waals surface area contributed by atoms with E-state index in [9.17, 15) is 4.79 Å². The van der Waals surface area contributed by atoms with Crippen molar-refractivity contribution < 1.29 is 19.0 Å². The van der Waals surface area contributed by atoms with Crippen LogP contribution in [0.2, 0.25) is 5.02 Å². The van der Waals surface area contributed by atoms with Crippen LogP contribution < -0.4 is 14.8 Å². The fourth-order valence-electron chi connectivity index (χ4n) is 3.68. The molecule has 0 bridgehead atoms. The number of nitrogens with one attached hydrogen (secondary N) is 1. The molecule has 1 heterocycles. The number of hydrogen-bond donors (Lipinski definition) is 1. The van der Waals surface area contributed by atoms with Crippen LogP contribution in [0.4, 0.5) is 0 Å². The number of halogens is 1. The molecular formula is C25H33ClN2O4. The number of rotatable bonds is 10. The predicted octanol–water partition coefficient (Wildman–Crippen LogP) is 4.22. The monoisotopic (exact) mass is 460 g/mol. The number of aryl methyl sites for hydroxylation is 1. The van der Waals surface area contributed by atoms with E-state index in [4.69, 9.17) is 25.8 Å². The van der Waals surface area contributed by atoms with Crippen molar-refractivity contribution in [3.63, 3.8) is 0 Å². The molecule has 1 N–H and O–H groups in total. The van der Waals surface area contributed by atoms with Crippen LogP contribution in [0.15, 0.2) is 42.5 Å². The van der Waals surface area contributed by atoms with Crippen molar-refractivity contribution in [1.29, 1.82) is 0 Å². The average molecular weight is 461 g/mol. The zero-order valence-electron chi connectivity index (χ0n) is 19.1. The van der Waals surface area contributed by atoms with Crippen LogP contribution in [0.1, 0.15) is 30.9 Å². The predicted molar refractivity (Wildman–Crippen MR) is 127 cm³/mol. The zero-order chi connectivity index (χ0) is 22.9. The summed E-state index contributed by atoms with van der Waals surface area (Å²) < 4.78 is 17.2. The van der Waals surface area contributed by atoms with E-state index in [1.165, 1.54) is 0 Å². The minimum Gasteiger partial charge on any atom is -0.492 e. The summed E-state index contributed by atoms with van der Waals surface area (Å²) in [6.07, 6.45) is 1.53. The SMILES string of the molecule is Cc1cc(Cl)ccc1OC(C)C(=O)NCc1cccc(OCCN(C)C2CCOCC2)c1. The summed E-state index contributed by atoms with van der Waals surface area (Å²) in [7, 11) is 2.14. The highest BCUT2D eigenvalue weighted by molar-refractivity contribution is 6.30. The van der Waals surface area contributed by atoms with Gasteiger partial charge in [0.2, 0.25) is 0 Å². The minimum atomic E-state index is -0.616. The van der Waals surface area contributed by atoms with E-state index in [1.54, 1.807) is 19.1 Å². The van der Waals surface area contributed by atoms with E-state index in [0.29, 0.717) is 30.0 Å². The van der Waals surface area contributed by atoms with Gasteiger partial charge in [-0.3, -0.25) is 9.69 Å². The van der Waals surface area contributed by atoms with Gasteiger partial charge in [0.1, 0.15) is 18.1 Å².